The quantitative estimate of drug-likeness (QED) is 0.741. The van der Waals surface area contributed by atoms with Crippen molar-refractivity contribution in [3.63, 3.8) is 0 Å². The van der Waals surface area contributed by atoms with Crippen LogP contribution in [0.3, 0.4) is 0 Å². The molecule has 1 rings (SSSR count). The lowest BCUT2D eigenvalue weighted by molar-refractivity contribution is -0.127. The van der Waals surface area contributed by atoms with E-state index >= 15 is 0 Å². The zero-order chi connectivity index (χ0) is 14.3. The van der Waals surface area contributed by atoms with Gasteiger partial charge in [-0.15, -0.1) is 6.58 Å². The lowest BCUT2D eigenvalue weighted by atomic mass is 10.1. The molecule has 0 aliphatic heterocycles. The van der Waals surface area contributed by atoms with Crippen molar-refractivity contribution in [2.75, 3.05) is 6.54 Å². The van der Waals surface area contributed by atoms with Gasteiger partial charge < -0.3 is 15.2 Å². The summed E-state index contributed by atoms with van der Waals surface area (Å²) in [6.07, 6.45) is 1.00. The first-order valence-electron chi connectivity index (χ1n) is 6.42. The van der Waals surface area contributed by atoms with E-state index in [-0.39, 0.29) is 5.91 Å². The van der Waals surface area contributed by atoms with Crippen LogP contribution in [-0.4, -0.2) is 23.7 Å². The van der Waals surface area contributed by atoms with Crippen LogP contribution in [0.4, 0.5) is 0 Å². The second-order valence-electron chi connectivity index (χ2n) is 4.26. The third kappa shape index (κ3) is 4.41. The summed E-state index contributed by atoms with van der Waals surface area (Å²) in [7, 11) is 0. The number of hydrogen-bond donors (Lipinski definition) is 2. The Hall–Kier alpha value is -1.81. The second-order valence-corrected chi connectivity index (χ2v) is 4.26. The van der Waals surface area contributed by atoms with Crippen molar-refractivity contribution in [1.29, 1.82) is 0 Å². The third-order valence-corrected chi connectivity index (χ3v) is 2.76. The van der Waals surface area contributed by atoms with Crippen molar-refractivity contribution >= 4 is 5.91 Å². The van der Waals surface area contributed by atoms with Gasteiger partial charge in [-0.3, -0.25) is 4.79 Å². The van der Waals surface area contributed by atoms with Crippen LogP contribution in [0.25, 0.3) is 0 Å². The number of carbonyl (C=O) groups excluding carboxylic acids is 1. The molecule has 2 N–H and O–H groups in total. The van der Waals surface area contributed by atoms with Crippen LogP contribution in [-0.2, 0) is 4.79 Å². The summed E-state index contributed by atoms with van der Waals surface area (Å²) in [5, 5.41) is 12.6. The summed E-state index contributed by atoms with van der Waals surface area (Å²) in [5.74, 6) is 0.332. The third-order valence-electron chi connectivity index (χ3n) is 2.76. The molecular formula is C15H21NO3. The molecule has 0 spiro atoms. The van der Waals surface area contributed by atoms with E-state index < -0.39 is 12.2 Å². The van der Waals surface area contributed by atoms with Crippen molar-refractivity contribution in [2.45, 2.75) is 32.5 Å². The number of amides is 1. The first-order chi connectivity index (χ1) is 9.10. The molecule has 0 bridgehead atoms. The molecule has 104 valence electrons. The number of ether oxygens (including phenoxy) is 1. The summed E-state index contributed by atoms with van der Waals surface area (Å²) >= 11 is 0. The molecule has 4 heteroatoms. The second kappa shape index (κ2) is 7.59. The van der Waals surface area contributed by atoms with Crippen molar-refractivity contribution < 1.29 is 14.6 Å². The van der Waals surface area contributed by atoms with Gasteiger partial charge in [-0.25, -0.2) is 0 Å². The van der Waals surface area contributed by atoms with Gasteiger partial charge in [-0.1, -0.05) is 31.2 Å². The number of para-hydroxylation sites is 1. The molecule has 0 aromatic heterocycles. The zero-order valence-corrected chi connectivity index (χ0v) is 11.4. The van der Waals surface area contributed by atoms with E-state index in [4.69, 9.17) is 4.74 Å². The van der Waals surface area contributed by atoms with E-state index in [1.807, 2.05) is 19.1 Å². The van der Waals surface area contributed by atoms with Gasteiger partial charge in [0.2, 0.25) is 0 Å². The van der Waals surface area contributed by atoms with Gasteiger partial charge in [0.05, 0.1) is 6.10 Å². The number of aliphatic hydroxyl groups is 1. The molecule has 0 fully saturated rings. The highest BCUT2D eigenvalue weighted by molar-refractivity contribution is 5.80. The molecule has 1 aromatic carbocycles. The minimum Gasteiger partial charge on any atom is -0.481 e. The van der Waals surface area contributed by atoms with E-state index in [1.54, 1.807) is 25.1 Å². The van der Waals surface area contributed by atoms with Gasteiger partial charge in [-0.2, -0.15) is 0 Å². The molecule has 0 aliphatic carbocycles. The van der Waals surface area contributed by atoms with E-state index in [0.717, 1.165) is 0 Å². The summed E-state index contributed by atoms with van der Waals surface area (Å²) in [6, 6.07) is 7.21. The predicted octanol–water partition coefficient (Wildman–Crippen LogP) is 2.20. The zero-order valence-electron chi connectivity index (χ0n) is 11.4. The molecule has 19 heavy (non-hydrogen) atoms. The summed E-state index contributed by atoms with van der Waals surface area (Å²) in [5.41, 5.74) is 0.702. The van der Waals surface area contributed by atoms with Crippen LogP contribution >= 0.6 is 0 Å². The fourth-order valence-corrected chi connectivity index (χ4v) is 1.64. The standard InChI is InChI=1S/C15H21NO3/c1-4-10-16-15(18)11(3)19-14-9-7-6-8-12(14)13(17)5-2/h4,6-9,11,13,17H,1,5,10H2,2-3H3,(H,16,18)/t11?,13-/m1/s1. The van der Waals surface area contributed by atoms with Crippen LogP contribution in [0.5, 0.6) is 5.75 Å². The van der Waals surface area contributed by atoms with Gasteiger partial charge in [-0.05, 0) is 19.4 Å². The van der Waals surface area contributed by atoms with Gasteiger partial charge in [0.1, 0.15) is 5.75 Å². The molecule has 2 atom stereocenters. The van der Waals surface area contributed by atoms with E-state index in [1.165, 1.54) is 0 Å². The fraction of sp³-hybridized carbons (Fsp3) is 0.400. The maximum absolute atomic E-state index is 11.7. The number of carbonyl (C=O) groups is 1. The molecule has 1 aromatic rings. The van der Waals surface area contributed by atoms with Crippen molar-refractivity contribution in [3.05, 3.63) is 42.5 Å². The Morgan fingerprint density at radius 3 is 2.84 bits per heavy atom. The Morgan fingerprint density at radius 2 is 2.21 bits per heavy atom. The monoisotopic (exact) mass is 263 g/mol. The molecule has 0 heterocycles. The normalized spacial score (nSPS) is 13.4. The number of nitrogens with one attached hydrogen (secondary N) is 1. The highest BCUT2D eigenvalue weighted by atomic mass is 16.5. The maximum Gasteiger partial charge on any atom is 0.261 e. The molecule has 4 nitrogen and oxygen atoms in total. The topological polar surface area (TPSA) is 58.6 Å². The Balaban J connectivity index is 2.76. The lowest BCUT2D eigenvalue weighted by Crippen LogP contribution is -2.36. The van der Waals surface area contributed by atoms with E-state index in [0.29, 0.717) is 24.3 Å². The van der Waals surface area contributed by atoms with Gasteiger partial charge in [0.15, 0.2) is 6.10 Å². The predicted molar refractivity (Wildman–Crippen MR) is 75.0 cm³/mol. The Morgan fingerprint density at radius 1 is 1.53 bits per heavy atom. The Labute approximate surface area is 114 Å². The lowest BCUT2D eigenvalue weighted by Gasteiger charge is -2.18. The molecular weight excluding hydrogens is 242 g/mol. The number of hydrogen-bond acceptors (Lipinski definition) is 3. The summed E-state index contributed by atoms with van der Waals surface area (Å²) in [4.78, 5) is 11.7. The van der Waals surface area contributed by atoms with Gasteiger partial charge in [0, 0.05) is 12.1 Å². The highest BCUT2D eigenvalue weighted by Gasteiger charge is 2.17. The first-order valence-corrected chi connectivity index (χ1v) is 6.42. The molecule has 0 saturated carbocycles. The SMILES string of the molecule is C=CCNC(=O)C(C)Oc1ccccc1[C@H](O)CC. The average molecular weight is 263 g/mol. The largest absolute Gasteiger partial charge is 0.481 e. The first kappa shape index (κ1) is 15.2. The van der Waals surface area contributed by atoms with Crippen molar-refractivity contribution in [3.8, 4) is 5.75 Å². The van der Waals surface area contributed by atoms with Crippen LogP contribution in [0.1, 0.15) is 31.9 Å². The highest BCUT2D eigenvalue weighted by Crippen LogP contribution is 2.27. The Bertz CT molecular complexity index is 431. The number of aliphatic hydroxyl groups excluding tert-OH is 1. The smallest absolute Gasteiger partial charge is 0.261 e. The van der Waals surface area contributed by atoms with Gasteiger partial charge in [0.25, 0.3) is 5.91 Å². The van der Waals surface area contributed by atoms with E-state index in [9.17, 15) is 9.90 Å². The molecule has 0 saturated heterocycles. The van der Waals surface area contributed by atoms with Crippen LogP contribution in [0.2, 0.25) is 0 Å². The van der Waals surface area contributed by atoms with Gasteiger partial charge >= 0.3 is 0 Å². The Kier molecular flexibility index (Phi) is 6.09. The van der Waals surface area contributed by atoms with Crippen LogP contribution in [0.15, 0.2) is 36.9 Å². The molecule has 1 amide bonds. The summed E-state index contributed by atoms with van der Waals surface area (Å²) in [6.45, 7) is 7.51. The number of rotatable bonds is 7. The molecule has 1 unspecified atom stereocenters. The van der Waals surface area contributed by atoms with Crippen LogP contribution in [0, 0.1) is 0 Å². The minimum atomic E-state index is -0.620. The number of benzene rings is 1. The summed E-state index contributed by atoms with van der Waals surface area (Å²) < 4.78 is 5.62. The average Bonchev–Trinajstić information content (AvgIpc) is 2.44. The van der Waals surface area contributed by atoms with Crippen molar-refractivity contribution in [1.82, 2.24) is 5.32 Å². The molecule has 0 aliphatic rings. The molecule has 0 radical (unpaired) electrons. The van der Waals surface area contributed by atoms with E-state index in [2.05, 4.69) is 11.9 Å². The van der Waals surface area contributed by atoms with Crippen LogP contribution < -0.4 is 10.1 Å². The van der Waals surface area contributed by atoms with Crippen molar-refractivity contribution in [2.24, 2.45) is 0 Å². The fourth-order valence-electron chi connectivity index (χ4n) is 1.64. The minimum absolute atomic E-state index is 0.208. The maximum atomic E-state index is 11.7.